The predicted octanol–water partition coefficient (Wildman–Crippen LogP) is -1.44. The van der Waals surface area contributed by atoms with Crippen LogP contribution in [-0.4, -0.2) is 68.1 Å². The summed E-state index contributed by atoms with van der Waals surface area (Å²) in [7, 11) is 0. The third-order valence-corrected chi connectivity index (χ3v) is 7.00. The summed E-state index contributed by atoms with van der Waals surface area (Å²) in [6.07, 6.45) is -2.80. The molecule has 4 aliphatic rings. The van der Waals surface area contributed by atoms with Crippen LogP contribution in [-0.2, 0) is 14.3 Å². The zero-order valence-corrected chi connectivity index (χ0v) is 12.8. The number of aliphatic hydroxyl groups is 4. The Labute approximate surface area is 127 Å². The largest absolute Gasteiger partial charge is 0.456 e. The van der Waals surface area contributed by atoms with Gasteiger partial charge in [0.2, 0.25) is 0 Å². The molecule has 2 aliphatic carbocycles. The Hall–Kier alpha value is -0.730. The van der Waals surface area contributed by atoms with Gasteiger partial charge in [0.1, 0.15) is 23.2 Å². The minimum Gasteiger partial charge on any atom is -0.456 e. The fourth-order valence-electron chi connectivity index (χ4n) is 5.47. The average Bonchev–Trinajstić information content (AvgIpc) is 3.03. The number of carbonyl (C=O) groups is 1. The van der Waals surface area contributed by atoms with Crippen molar-refractivity contribution in [3.63, 3.8) is 0 Å². The minimum atomic E-state index is -1.68. The van der Waals surface area contributed by atoms with Crippen molar-refractivity contribution in [2.24, 2.45) is 17.3 Å². The third-order valence-electron chi connectivity index (χ3n) is 7.00. The molecular weight excluding hydrogens is 292 g/mol. The fraction of sp³-hybridized carbons (Fsp3) is 0.933. The second kappa shape index (κ2) is 3.67. The number of fused-ring (bicyclic) bond motifs is 6. The number of rotatable bonds is 2. The average molecular weight is 314 g/mol. The molecule has 4 rings (SSSR count). The van der Waals surface area contributed by atoms with Crippen LogP contribution in [0.15, 0.2) is 0 Å². The predicted molar refractivity (Wildman–Crippen MR) is 71.5 cm³/mol. The molecule has 0 amide bonds. The molecule has 0 radical (unpaired) electrons. The molecule has 4 fully saturated rings. The van der Waals surface area contributed by atoms with Crippen LogP contribution in [0.5, 0.6) is 0 Å². The summed E-state index contributed by atoms with van der Waals surface area (Å²) in [5, 5.41) is 43.1. The van der Waals surface area contributed by atoms with Gasteiger partial charge >= 0.3 is 5.97 Å². The van der Waals surface area contributed by atoms with Gasteiger partial charge in [0.25, 0.3) is 0 Å². The molecule has 22 heavy (non-hydrogen) atoms. The van der Waals surface area contributed by atoms with Gasteiger partial charge in [-0.25, -0.2) is 0 Å². The molecule has 0 aromatic carbocycles. The van der Waals surface area contributed by atoms with Crippen LogP contribution in [0.25, 0.3) is 0 Å². The summed E-state index contributed by atoms with van der Waals surface area (Å²) < 4.78 is 10.8. The van der Waals surface area contributed by atoms with E-state index in [9.17, 15) is 25.2 Å². The van der Waals surface area contributed by atoms with Gasteiger partial charge in [0.15, 0.2) is 6.10 Å². The fourth-order valence-corrected chi connectivity index (χ4v) is 5.47. The molecule has 0 aromatic heterocycles. The van der Waals surface area contributed by atoms with Crippen molar-refractivity contribution in [2.75, 3.05) is 6.61 Å². The molecule has 124 valence electrons. The Morgan fingerprint density at radius 2 is 2.00 bits per heavy atom. The summed E-state index contributed by atoms with van der Waals surface area (Å²) in [4.78, 5) is 12.4. The van der Waals surface area contributed by atoms with Crippen LogP contribution >= 0.6 is 0 Å². The maximum Gasteiger partial charge on any atom is 0.315 e. The monoisotopic (exact) mass is 314 g/mol. The van der Waals surface area contributed by atoms with Gasteiger partial charge in [-0.3, -0.25) is 4.79 Å². The molecule has 0 aromatic rings. The lowest BCUT2D eigenvalue weighted by Gasteiger charge is -2.58. The number of carbonyl (C=O) groups excluding carboxylic acids is 1. The lowest BCUT2D eigenvalue weighted by molar-refractivity contribution is -0.284. The highest BCUT2D eigenvalue weighted by Gasteiger charge is 2.90. The van der Waals surface area contributed by atoms with Gasteiger partial charge in [-0.2, -0.15) is 0 Å². The first-order chi connectivity index (χ1) is 10.1. The molecule has 8 atom stereocenters. The molecule has 7 nitrogen and oxygen atoms in total. The molecule has 2 bridgehead atoms. The highest BCUT2D eigenvalue weighted by atomic mass is 16.6. The third kappa shape index (κ3) is 1.11. The van der Waals surface area contributed by atoms with E-state index in [-0.39, 0.29) is 18.9 Å². The van der Waals surface area contributed by atoms with E-state index in [2.05, 4.69) is 0 Å². The molecule has 2 aliphatic heterocycles. The van der Waals surface area contributed by atoms with Crippen molar-refractivity contribution >= 4 is 5.97 Å². The standard InChI is InChI=1S/C15H22O7/c1-6(2)15(20)8-11(18)21-10(15)9(17)12(3)13(8,19)4-7-14(12,5-16)22-7/h6-10,16-17,19-20H,4-5H2,1-3H3. The van der Waals surface area contributed by atoms with Gasteiger partial charge in [0, 0.05) is 6.42 Å². The van der Waals surface area contributed by atoms with Crippen LogP contribution < -0.4 is 0 Å². The first-order valence-electron chi connectivity index (χ1n) is 7.73. The Morgan fingerprint density at radius 3 is 2.55 bits per heavy atom. The second-order valence-corrected chi connectivity index (χ2v) is 7.76. The van der Waals surface area contributed by atoms with E-state index >= 15 is 0 Å². The van der Waals surface area contributed by atoms with Gasteiger partial charge < -0.3 is 29.9 Å². The van der Waals surface area contributed by atoms with Crippen molar-refractivity contribution in [1.29, 1.82) is 0 Å². The number of hydrogen-bond donors (Lipinski definition) is 4. The zero-order chi connectivity index (χ0) is 16.3. The van der Waals surface area contributed by atoms with Crippen molar-refractivity contribution in [3.8, 4) is 0 Å². The van der Waals surface area contributed by atoms with E-state index in [4.69, 9.17) is 9.47 Å². The molecule has 4 N–H and O–H groups in total. The van der Waals surface area contributed by atoms with Crippen molar-refractivity contribution in [2.45, 2.75) is 62.3 Å². The van der Waals surface area contributed by atoms with E-state index < -0.39 is 52.4 Å². The molecule has 2 heterocycles. The van der Waals surface area contributed by atoms with E-state index in [0.29, 0.717) is 0 Å². The second-order valence-electron chi connectivity index (χ2n) is 7.76. The van der Waals surface area contributed by atoms with E-state index in [1.54, 1.807) is 20.8 Å². The maximum atomic E-state index is 12.4. The SMILES string of the molecule is CC(C)C1(O)C2OC(=O)C1C1(O)CC3OC3(CO)C1(C)C2O. The van der Waals surface area contributed by atoms with Crippen LogP contribution in [0, 0.1) is 17.3 Å². The Bertz CT molecular complexity index is 560. The quantitative estimate of drug-likeness (QED) is 0.364. The smallest absolute Gasteiger partial charge is 0.315 e. The number of epoxide rings is 1. The van der Waals surface area contributed by atoms with Gasteiger partial charge in [-0.1, -0.05) is 20.8 Å². The molecule has 7 heteroatoms. The highest BCUT2D eigenvalue weighted by molar-refractivity contribution is 5.80. The summed E-state index contributed by atoms with van der Waals surface area (Å²) in [6.45, 7) is 4.72. The van der Waals surface area contributed by atoms with Crippen molar-refractivity contribution in [1.82, 2.24) is 0 Å². The number of hydrogen-bond acceptors (Lipinski definition) is 7. The van der Waals surface area contributed by atoms with Gasteiger partial charge in [0.05, 0.1) is 23.7 Å². The van der Waals surface area contributed by atoms with Crippen LogP contribution in [0.4, 0.5) is 0 Å². The first kappa shape index (κ1) is 14.8. The van der Waals surface area contributed by atoms with Crippen molar-refractivity contribution < 1.29 is 34.7 Å². The van der Waals surface area contributed by atoms with E-state index in [1.165, 1.54) is 0 Å². The lowest BCUT2D eigenvalue weighted by atomic mass is 9.50. The maximum absolute atomic E-state index is 12.4. The highest BCUT2D eigenvalue weighted by Crippen LogP contribution is 2.73. The molecular formula is C15H22O7. The Kier molecular flexibility index (Phi) is 2.48. The Morgan fingerprint density at radius 1 is 1.36 bits per heavy atom. The topological polar surface area (TPSA) is 120 Å². The Balaban J connectivity index is 1.94. The van der Waals surface area contributed by atoms with Crippen LogP contribution in [0.3, 0.4) is 0 Å². The van der Waals surface area contributed by atoms with Gasteiger partial charge in [-0.05, 0) is 5.92 Å². The van der Waals surface area contributed by atoms with Crippen molar-refractivity contribution in [3.05, 3.63) is 0 Å². The summed E-state index contributed by atoms with van der Waals surface area (Å²) in [5.74, 6) is -2.24. The molecule has 2 saturated carbocycles. The van der Waals surface area contributed by atoms with Gasteiger partial charge in [-0.15, -0.1) is 0 Å². The lowest BCUT2D eigenvalue weighted by Crippen LogP contribution is -2.75. The molecule has 8 unspecified atom stereocenters. The van der Waals surface area contributed by atoms with Crippen LogP contribution in [0.2, 0.25) is 0 Å². The summed E-state index contributed by atoms with van der Waals surface area (Å²) >= 11 is 0. The van der Waals surface area contributed by atoms with E-state index in [0.717, 1.165) is 0 Å². The normalized spacial score (nSPS) is 61.9. The van der Waals surface area contributed by atoms with E-state index in [1.807, 2.05) is 0 Å². The minimum absolute atomic E-state index is 0.0859. The first-order valence-corrected chi connectivity index (χ1v) is 7.73. The number of aliphatic hydroxyl groups excluding tert-OH is 2. The number of ether oxygens (including phenoxy) is 2. The summed E-state index contributed by atoms with van der Waals surface area (Å²) in [5.41, 5.74) is -5.68. The molecule has 0 spiro atoms. The zero-order valence-electron chi connectivity index (χ0n) is 12.8. The summed E-state index contributed by atoms with van der Waals surface area (Å²) in [6, 6.07) is 0. The number of esters is 1. The molecule has 2 saturated heterocycles. The van der Waals surface area contributed by atoms with Crippen LogP contribution in [0.1, 0.15) is 27.2 Å².